The van der Waals surface area contributed by atoms with Crippen molar-refractivity contribution in [1.82, 2.24) is 14.3 Å². The summed E-state index contributed by atoms with van der Waals surface area (Å²) in [6.45, 7) is 0. The van der Waals surface area contributed by atoms with Crippen LogP contribution < -0.4 is 5.73 Å². The lowest BCUT2D eigenvalue weighted by atomic mass is 10.0. The molecule has 144 valence electrons. The molecule has 0 radical (unpaired) electrons. The lowest BCUT2D eigenvalue weighted by Crippen LogP contribution is -2.11. The van der Waals surface area contributed by atoms with E-state index in [1.54, 1.807) is 22.4 Å². The number of hydrogen-bond donors (Lipinski definition) is 1. The van der Waals surface area contributed by atoms with Crippen LogP contribution in [0.15, 0.2) is 90.5 Å². The average Bonchev–Trinajstić information content (AvgIpc) is 3.39. The molecule has 2 aromatic carbocycles. The van der Waals surface area contributed by atoms with Gasteiger partial charge in [-0.25, -0.2) is 4.79 Å². The zero-order valence-corrected chi connectivity index (χ0v) is 15.8. The Kier molecular flexibility index (Phi) is 4.94. The van der Waals surface area contributed by atoms with E-state index in [4.69, 9.17) is 10.6 Å². The van der Waals surface area contributed by atoms with Gasteiger partial charge >= 0.3 is 5.97 Å². The molecular formula is C22H19N5O2. The molecule has 0 aliphatic heterocycles. The Balaban J connectivity index is 1.71. The van der Waals surface area contributed by atoms with Gasteiger partial charge in [-0.2, -0.15) is 5.10 Å². The largest absolute Gasteiger partial charge is 0.398 e. The van der Waals surface area contributed by atoms with Crippen molar-refractivity contribution < 1.29 is 9.63 Å². The first-order valence-electron chi connectivity index (χ1n) is 9.00. The molecule has 4 rings (SSSR count). The van der Waals surface area contributed by atoms with Crippen molar-refractivity contribution >= 4 is 17.4 Å². The molecule has 0 aliphatic rings. The Morgan fingerprint density at radius 2 is 1.66 bits per heavy atom. The molecular weight excluding hydrogens is 366 g/mol. The third-order valence-electron chi connectivity index (χ3n) is 4.46. The van der Waals surface area contributed by atoms with E-state index in [0.29, 0.717) is 28.3 Å². The molecule has 0 saturated carbocycles. The van der Waals surface area contributed by atoms with Crippen molar-refractivity contribution in [3.8, 4) is 5.82 Å². The topological polar surface area (TPSA) is 87.4 Å². The number of nitrogen functional groups attached to an aromatic ring is 1. The van der Waals surface area contributed by atoms with Crippen LogP contribution >= 0.6 is 0 Å². The first-order valence-corrected chi connectivity index (χ1v) is 9.00. The van der Waals surface area contributed by atoms with Gasteiger partial charge in [0.15, 0.2) is 0 Å². The second-order valence-corrected chi connectivity index (χ2v) is 6.37. The van der Waals surface area contributed by atoms with Gasteiger partial charge in [0, 0.05) is 36.3 Å². The van der Waals surface area contributed by atoms with E-state index in [1.165, 1.54) is 6.20 Å². The second kappa shape index (κ2) is 7.85. The minimum atomic E-state index is -0.607. The molecule has 0 unspecified atom stereocenters. The van der Waals surface area contributed by atoms with Gasteiger partial charge in [-0.3, -0.25) is 4.68 Å². The van der Waals surface area contributed by atoms with Gasteiger partial charge in [0.05, 0.1) is 6.20 Å². The molecule has 4 aromatic rings. The van der Waals surface area contributed by atoms with Crippen LogP contribution in [0, 0.1) is 0 Å². The molecule has 2 N–H and O–H groups in total. The molecule has 2 aromatic heterocycles. The number of nitrogens with zero attached hydrogens (tertiary/aromatic N) is 4. The summed E-state index contributed by atoms with van der Waals surface area (Å²) in [5, 5.41) is 8.35. The SMILES string of the molecule is Cn1ncc(C(=O)O/N=C(\c2ccccc2)c2ccccc2N)c1-n1cccc1. The summed E-state index contributed by atoms with van der Waals surface area (Å²) in [5.41, 5.74) is 8.92. The van der Waals surface area contributed by atoms with E-state index >= 15 is 0 Å². The minimum absolute atomic E-state index is 0.306. The molecule has 0 amide bonds. The highest BCUT2D eigenvalue weighted by Gasteiger charge is 2.20. The van der Waals surface area contributed by atoms with E-state index in [1.807, 2.05) is 73.1 Å². The van der Waals surface area contributed by atoms with E-state index in [-0.39, 0.29) is 0 Å². The van der Waals surface area contributed by atoms with Crippen molar-refractivity contribution in [2.45, 2.75) is 0 Å². The van der Waals surface area contributed by atoms with Crippen LogP contribution in [0.25, 0.3) is 5.82 Å². The average molecular weight is 385 g/mol. The second-order valence-electron chi connectivity index (χ2n) is 6.37. The van der Waals surface area contributed by atoms with E-state index < -0.39 is 5.97 Å². The van der Waals surface area contributed by atoms with Crippen molar-refractivity contribution in [2.24, 2.45) is 12.2 Å². The lowest BCUT2D eigenvalue weighted by molar-refractivity contribution is 0.0517. The number of hydrogen-bond acceptors (Lipinski definition) is 5. The normalized spacial score (nSPS) is 11.4. The summed E-state index contributed by atoms with van der Waals surface area (Å²) in [7, 11) is 1.76. The van der Waals surface area contributed by atoms with Crippen molar-refractivity contribution in [3.63, 3.8) is 0 Å². The molecule has 29 heavy (non-hydrogen) atoms. The molecule has 7 heteroatoms. The Morgan fingerprint density at radius 1 is 0.966 bits per heavy atom. The van der Waals surface area contributed by atoms with Crippen LogP contribution in [0.5, 0.6) is 0 Å². The lowest BCUT2D eigenvalue weighted by Gasteiger charge is -2.10. The van der Waals surface area contributed by atoms with E-state index in [9.17, 15) is 4.79 Å². The van der Waals surface area contributed by atoms with Crippen molar-refractivity contribution in [1.29, 1.82) is 0 Å². The highest BCUT2D eigenvalue weighted by molar-refractivity contribution is 6.15. The zero-order valence-electron chi connectivity index (χ0n) is 15.8. The van der Waals surface area contributed by atoms with Gasteiger partial charge in [0.1, 0.15) is 17.1 Å². The summed E-state index contributed by atoms with van der Waals surface area (Å²) in [6.07, 6.45) is 5.13. The third-order valence-corrected chi connectivity index (χ3v) is 4.46. The van der Waals surface area contributed by atoms with Gasteiger partial charge in [-0.05, 0) is 18.2 Å². The monoisotopic (exact) mass is 385 g/mol. The Labute approximate surface area is 167 Å². The van der Waals surface area contributed by atoms with Gasteiger partial charge in [-0.15, -0.1) is 0 Å². The maximum Gasteiger partial charge on any atom is 0.371 e. The highest BCUT2D eigenvalue weighted by atomic mass is 16.7. The number of aryl methyl sites for hydroxylation is 1. The number of carbonyl (C=O) groups excluding carboxylic acids is 1. The molecule has 2 heterocycles. The summed E-state index contributed by atoms with van der Waals surface area (Å²) in [4.78, 5) is 18.1. The summed E-state index contributed by atoms with van der Waals surface area (Å²) in [5.74, 6) is -0.0135. The van der Waals surface area contributed by atoms with Crippen LogP contribution in [-0.2, 0) is 11.9 Å². The fourth-order valence-electron chi connectivity index (χ4n) is 3.06. The first kappa shape index (κ1) is 18.2. The standard InChI is InChI=1S/C22H19N5O2/c1-26-21(27-13-7-8-14-27)18(15-24-26)22(28)29-25-20(16-9-3-2-4-10-16)17-11-5-6-12-19(17)23/h2-15H,23H2,1H3/b25-20+. The molecule has 0 atom stereocenters. The molecule has 7 nitrogen and oxygen atoms in total. The predicted octanol–water partition coefficient (Wildman–Crippen LogP) is 3.40. The van der Waals surface area contributed by atoms with Gasteiger partial charge in [-0.1, -0.05) is 53.7 Å². The summed E-state index contributed by atoms with van der Waals surface area (Å²) in [6, 6.07) is 20.5. The number of anilines is 1. The van der Waals surface area contributed by atoms with Gasteiger partial charge < -0.3 is 15.1 Å². The fourth-order valence-corrected chi connectivity index (χ4v) is 3.06. The molecule has 0 bridgehead atoms. The van der Waals surface area contributed by atoms with Crippen LogP contribution in [-0.4, -0.2) is 26.0 Å². The zero-order chi connectivity index (χ0) is 20.2. The van der Waals surface area contributed by atoms with Crippen LogP contribution in [0.4, 0.5) is 5.69 Å². The predicted molar refractivity (Wildman–Crippen MR) is 111 cm³/mol. The summed E-state index contributed by atoms with van der Waals surface area (Å²) < 4.78 is 3.40. The van der Waals surface area contributed by atoms with Gasteiger partial charge in [0.25, 0.3) is 0 Å². The first-order chi connectivity index (χ1) is 14.1. The van der Waals surface area contributed by atoms with Crippen LogP contribution in [0.1, 0.15) is 21.5 Å². The summed E-state index contributed by atoms with van der Waals surface area (Å²) >= 11 is 0. The number of carbonyl (C=O) groups is 1. The maximum absolute atomic E-state index is 12.8. The highest BCUT2D eigenvalue weighted by Crippen LogP contribution is 2.19. The molecule has 0 aliphatic carbocycles. The number of oxime groups is 1. The Bertz CT molecular complexity index is 1160. The minimum Gasteiger partial charge on any atom is -0.398 e. The smallest absolute Gasteiger partial charge is 0.371 e. The van der Waals surface area contributed by atoms with E-state index in [0.717, 1.165) is 5.56 Å². The fraction of sp³-hybridized carbons (Fsp3) is 0.0455. The number of aromatic nitrogens is 3. The van der Waals surface area contributed by atoms with Crippen molar-refractivity contribution in [3.05, 3.63) is 102 Å². The van der Waals surface area contributed by atoms with Crippen LogP contribution in [0.2, 0.25) is 0 Å². The molecule has 0 saturated heterocycles. The number of para-hydroxylation sites is 1. The van der Waals surface area contributed by atoms with Crippen LogP contribution in [0.3, 0.4) is 0 Å². The van der Waals surface area contributed by atoms with Crippen molar-refractivity contribution in [2.75, 3.05) is 5.73 Å². The number of rotatable bonds is 5. The molecule has 0 fully saturated rings. The third kappa shape index (κ3) is 3.66. The Hall–Kier alpha value is -4.13. The molecule has 0 spiro atoms. The Morgan fingerprint density at radius 3 is 2.38 bits per heavy atom. The number of benzene rings is 2. The quantitative estimate of drug-likeness (QED) is 0.247. The van der Waals surface area contributed by atoms with E-state index in [2.05, 4.69) is 10.3 Å². The maximum atomic E-state index is 12.8. The number of nitrogens with two attached hydrogens (primary N) is 1. The van der Waals surface area contributed by atoms with Gasteiger partial charge in [0.2, 0.25) is 0 Å².